The Morgan fingerprint density at radius 2 is 1.77 bits per heavy atom. The number of anilines is 1. The maximum Gasteiger partial charge on any atom is 0.338 e. The van der Waals surface area contributed by atoms with Crippen LogP contribution in [0.2, 0.25) is 0 Å². The maximum atomic E-state index is 12.2. The van der Waals surface area contributed by atoms with E-state index in [1.807, 2.05) is 0 Å². The molecule has 0 atom stereocenters. The molecule has 114 valence electrons. The van der Waals surface area contributed by atoms with Crippen LogP contribution in [0.3, 0.4) is 0 Å². The summed E-state index contributed by atoms with van der Waals surface area (Å²) >= 11 is 0. The fourth-order valence-electron chi connectivity index (χ4n) is 1.72. The molecular weight excluding hydrogens is 312 g/mol. The van der Waals surface area contributed by atoms with Crippen LogP contribution in [0.15, 0.2) is 53.4 Å². The van der Waals surface area contributed by atoms with E-state index in [0.717, 1.165) is 18.2 Å². The van der Waals surface area contributed by atoms with Crippen LogP contribution < -0.4 is 4.72 Å². The maximum absolute atomic E-state index is 12.2. The molecule has 0 radical (unpaired) electrons. The zero-order valence-electron chi connectivity index (χ0n) is 11.0. The average Bonchev–Trinajstić information content (AvgIpc) is 2.47. The molecule has 0 aliphatic rings. The normalized spacial score (nSPS) is 10.9. The van der Waals surface area contributed by atoms with Gasteiger partial charge in [0.05, 0.1) is 21.1 Å². The quantitative estimate of drug-likeness (QED) is 0.641. The van der Waals surface area contributed by atoms with Crippen molar-refractivity contribution in [1.82, 2.24) is 0 Å². The van der Waals surface area contributed by atoms with Gasteiger partial charge in [-0.25, -0.2) is 13.2 Å². The van der Waals surface area contributed by atoms with Gasteiger partial charge in [0.1, 0.15) is 0 Å². The zero-order valence-corrected chi connectivity index (χ0v) is 11.8. The van der Waals surface area contributed by atoms with Gasteiger partial charge >= 0.3 is 5.97 Å². The summed E-state index contributed by atoms with van der Waals surface area (Å²) in [6.07, 6.45) is 0. The zero-order chi connectivity index (χ0) is 16.3. The predicted molar refractivity (Wildman–Crippen MR) is 77.3 cm³/mol. The smallest absolute Gasteiger partial charge is 0.338 e. The third-order valence-corrected chi connectivity index (χ3v) is 4.12. The molecule has 2 N–H and O–H groups in total. The minimum absolute atomic E-state index is 0.0512. The number of carbonyl (C=O) groups is 1. The molecule has 0 aromatic heterocycles. The molecule has 0 bridgehead atoms. The van der Waals surface area contributed by atoms with Crippen LogP contribution in [-0.4, -0.2) is 24.4 Å². The minimum atomic E-state index is -3.99. The Morgan fingerprint density at radius 3 is 2.32 bits per heavy atom. The second-order valence-electron chi connectivity index (χ2n) is 4.21. The summed E-state index contributed by atoms with van der Waals surface area (Å²) in [4.78, 5) is 21.0. The first-order valence-electron chi connectivity index (χ1n) is 5.91. The number of rotatable bonds is 5. The summed E-state index contributed by atoms with van der Waals surface area (Å²) < 4.78 is 26.4. The van der Waals surface area contributed by atoms with E-state index in [9.17, 15) is 23.3 Å². The van der Waals surface area contributed by atoms with Crippen LogP contribution in [0.4, 0.5) is 11.4 Å². The fourth-order valence-corrected chi connectivity index (χ4v) is 2.82. The lowest BCUT2D eigenvalue weighted by Crippen LogP contribution is -2.15. The Bertz CT molecular complexity index is 833. The highest BCUT2D eigenvalue weighted by molar-refractivity contribution is 7.92. The lowest BCUT2D eigenvalue weighted by atomic mass is 10.1. The number of hydrogen-bond acceptors (Lipinski definition) is 5. The lowest BCUT2D eigenvalue weighted by Gasteiger charge is -2.10. The molecule has 0 fully saturated rings. The molecule has 0 spiro atoms. The Labute approximate surface area is 125 Å². The van der Waals surface area contributed by atoms with Crippen molar-refractivity contribution in [3.63, 3.8) is 0 Å². The summed E-state index contributed by atoms with van der Waals surface area (Å²) in [5, 5.41) is 19.7. The van der Waals surface area contributed by atoms with Crippen LogP contribution in [0, 0.1) is 10.1 Å². The van der Waals surface area contributed by atoms with Crippen LogP contribution >= 0.6 is 0 Å². The standard InChI is InChI=1S/C13H10N2O6S/c16-13(17)11-8-9(15(18)19)6-7-12(11)14-22(20,21)10-4-2-1-3-5-10/h1-8,14H,(H,16,17). The summed E-state index contributed by atoms with van der Waals surface area (Å²) in [6, 6.07) is 10.2. The van der Waals surface area contributed by atoms with Gasteiger partial charge < -0.3 is 5.11 Å². The van der Waals surface area contributed by atoms with E-state index in [1.54, 1.807) is 6.07 Å². The molecule has 0 unspecified atom stereocenters. The highest BCUT2D eigenvalue weighted by Crippen LogP contribution is 2.24. The van der Waals surface area contributed by atoms with E-state index in [1.165, 1.54) is 24.3 Å². The molecule has 0 heterocycles. The van der Waals surface area contributed by atoms with Gasteiger partial charge in [-0.1, -0.05) is 18.2 Å². The molecule has 8 nitrogen and oxygen atoms in total. The minimum Gasteiger partial charge on any atom is -0.478 e. The molecular formula is C13H10N2O6S. The van der Waals surface area contributed by atoms with Gasteiger partial charge in [0.2, 0.25) is 0 Å². The van der Waals surface area contributed by atoms with Crippen molar-refractivity contribution >= 4 is 27.4 Å². The average molecular weight is 322 g/mol. The van der Waals surface area contributed by atoms with Gasteiger partial charge in [-0.05, 0) is 18.2 Å². The lowest BCUT2D eigenvalue weighted by molar-refractivity contribution is -0.384. The number of nitrogens with one attached hydrogen (secondary N) is 1. The molecule has 2 rings (SSSR count). The van der Waals surface area contributed by atoms with Crippen molar-refractivity contribution in [2.24, 2.45) is 0 Å². The number of sulfonamides is 1. The number of hydrogen-bond donors (Lipinski definition) is 2. The van der Waals surface area contributed by atoms with Gasteiger partial charge in [-0.15, -0.1) is 0 Å². The van der Waals surface area contributed by atoms with Gasteiger partial charge in [-0.3, -0.25) is 14.8 Å². The molecule has 0 aliphatic carbocycles. The molecule has 0 aliphatic heterocycles. The molecule has 2 aromatic carbocycles. The number of nitro benzene ring substituents is 1. The topological polar surface area (TPSA) is 127 Å². The molecule has 2 aromatic rings. The van der Waals surface area contributed by atoms with E-state index in [-0.39, 0.29) is 10.6 Å². The Balaban J connectivity index is 2.45. The van der Waals surface area contributed by atoms with E-state index >= 15 is 0 Å². The molecule has 0 saturated carbocycles. The third kappa shape index (κ3) is 3.20. The summed E-state index contributed by atoms with van der Waals surface area (Å²) in [7, 11) is -3.99. The van der Waals surface area contributed by atoms with Crippen molar-refractivity contribution in [3.05, 3.63) is 64.2 Å². The van der Waals surface area contributed by atoms with Crippen molar-refractivity contribution in [2.75, 3.05) is 4.72 Å². The highest BCUT2D eigenvalue weighted by atomic mass is 32.2. The second kappa shape index (κ2) is 5.82. The fraction of sp³-hybridized carbons (Fsp3) is 0. The summed E-state index contributed by atoms with van der Waals surface area (Å²) in [5.74, 6) is -1.48. The van der Waals surface area contributed by atoms with Crippen LogP contribution in [0.1, 0.15) is 10.4 Å². The molecule has 9 heteroatoms. The second-order valence-corrected chi connectivity index (χ2v) is 5.89. The third-order valence-electron chi connectivity index (χ3n) is 2.74. The summed E-state index contributed by atoms with van der Waals surface area (Å²) in [5.41, 5.74) is -1.20. The number of benzene rings is 2. The van der Waals surface area contributed by atoms with E-state index in [0.29, 0.717) is 0 Å². The molecule has 0 saturated heterocycles. The number of nitro groups is 1. The van der Waals surface area contributed by atoms with Crippen molar-refractivity contribution in [2.45, 2.75) is 4.90 Å². The van der Waals surface area contributed by atoms with Crippen LogP contribution in [-0.2, 0) is 10.0 Å². The first-order valence-corrected chi connectivity index (χ1v) is 7.39. The van der Waals surface area contributed by atoms with Crippen molar-refractivity contribution in [1.29, 1.82) is 0 Å². The highest BCUT2D eigenvalue weighted by Gasteiger charge is 2.21. The Kier molecular flexibility index (Phi) is 4.08. The molecule has 0 amide bonds. The van der Waals surface area contributed by atoms with Gasteiger partial charge in [0.15, 0.2) is 0 Å². The van der Waals surface area contributed by atoms with E-state index in [2.05, 4.69) is 4.72 Å². The number of aromatic carboxylic acids is 1. The Morgan fingerprint density at radius 1 is 1.14 bits per heavy atom. The largest absolute Gasteiger partial charge is 0.478 e. The van der Waals surface area contributed by atoms with Crippen molar-refractivity contribution in [3.8, 4) is 0 Å². The van der Waals surface area contributed by atoms with E-state index < -0.39 is 32.2 Å². The predicted octanol–water partition coefficient (Wildman–Crippen LogP) is 2.09. The SMILES string of the molecule is O=C(O)c1cc([N+](=O)[O-])ccc1NS(=O)(=O)c1ccccc1. The monoisotopic (exact) mass is 322 g/mol. The number of nitrogens with zero attached hydrogens (tertiary/aromatic N) is 1. The number of carboxylic acids is 1. The number of carboxylic acid groups (broad SMARTS) is 1. The van der Waals surface area contributed by atoms with Gasteiger partial charge in [-0.2, -0.15) is 0 Å². The van der Waals surface area contributed by atoms with Crippen LogP contribution in [0.25, 0.3) is 0 Å². The first-order chi connectivity index (χ1) is 10.3. The van der Waals surface area contributed by atoms with Gasteiger partial charge in [0, 0.05) is 12.1 Å². The molecule has 22 heavy (non-hydrogen) atoms. The van der Waals surface area contributed by atoms with E-state index in [4.69, 9.17) is 5.11 Å². The van der Waals surface area contributed by atoms with Gasteiger partial charge in [0.25, 0.3) is 15.7 Å². The Hall–Kier alpha value is -2.94. The first kappa shape index (κ1) is 15.4. The van der Waals surface area contributed by atoms with Crippen molar-refractivity contribution < 1.29 is 23.2 Å². The van der Waals surface area contributed by atoms with Crippen LogP contribution in [0.5, 0.6) is 0 Å². The number of non-ortho nitro benzene ring substituents is 1. The summed E-state index contributed by atoms with van der Waals surface area (Å²) in [6.45, 7) is 0.